The van der Waals surface area contributed by atoms with Crippen LogP contribution in [0.1, 0.15) is 13.3 Å². The van der Waals surface area contributed by atoms with Gasteiger partial charge in [-0.3, -0.25) is 0 Å². The SMILES string of the molecule is C=C1C=CC(C)=CC1. The van der Waals surface area contributed by atoms with Crippen molar-refractivity contribution in [1.82, 2.24) is 0 Å². The normalized spacial score (nSPS) is 18.6. The van der Waals surface area contributed by atoms with Gasteiger partial charge in [-0.05, 0) is 13.3 Å². The van der Waals surface area contributed by atoms with Gasteiger partial charge in [-0.25, -0.2) is 0 Å². The number of hydrogen-bond acceptors (Lipinski definition) is 0. The van der Waals surface area contributed by atoms with Gasteiger partial charge in [0.2, 0.25) is 0 Å². The van der Waals surface area contributed by atoms with Crippen molar-refractivity contribution in [2.24, 2.45) is 0 Å². The van der Waals surface area contributed by atoms with Gasteiger partial charge in [-0.15, -0.1) is 0 Å². The van der Waals surface area contributed by atoms with Gasteiger partial charge in [0.1, 0.15) is 0 Å². The lowest BCUT2D eigenvalue weighted by Gasteiger charge is -2.01. The number of allylic oxidation sites excluding steroid dienone is 5. The summed E-state index contributed by atoms with van der Waals surface area (Å²) in [7, 11) is 0. The molecule has 0 saturated carbocycles. The van der Waals surface area contributed by atoms with E-state index in [0.29, 0.717) is 0 Å². The zero-order valence-electron chi connectivity index (χ0n) is 5.15. The topological polar surface area (TPSA) is 0 Å². The maximum Gasteiger partial charge on any atom is -0.00976 e. The minimum Gasteiger partial charge on any atom is -0.0955 e. The monoisotopic (exact) mass is 106 g/mol. The Labute approximate surface area is 50.2 Å². The molecule has 0 atom stereocenters. The quantitative estimate of drug-likeness (QED) is 0.445. The van der Waals surface area contributed by atoms with Gasteiger partial charge in [0.25, 0.3) is 0 Å². The fourth-order valence-corrected chi connectivity index (χ4v) is 0.677. The van der Waals surface area contributed by atoms with Crippen molar-refractivity contribution in [3.8, 4) is 0 Å². The summed E-state index contributed by atoms with van der Waals surface area (Å²) in [6, 6.07) is 0. The minimum atomic E-state index is 1.03. The second-order valence-corrected chi connectivity index (χ2v) is 2.14. The molecule has 1 rings (SSSR count). The molecular formula is C8H10. The van der Waals surface area contributed by atoms with E-state index in [2.05, 4.69) is 31.7 Å². The summed E-state index contributed by atoms with van der Waals surface area (Å²) >= 11 is 0. The molecule has 0 bridgehead atoms. The van der Waals surface area contributed by atoms with Crippen LogP contribution in [0.25, 0.3) is 0 Å². The van der Waals surface area contributed by atoms with E-state index in [1.807, 2.05) is 0 Å². The summed E-state index contributed by atoms with van der Waals surface area (Å²) < 4.78 is 0. The Morgan fingerprint density at radius 1 is 1.50 bits per heavy atom. The summed E-state index contributed by atoms with van der Waals surface area (Å²) in [4.78, 5) is 0. The average Bonchev–Trinajstić information content (AvgIpc) is 1.77. The van der Waals surface area contributed by atoms with Crippen LogP contribution < -0.4 is 0 Å². The lowest BCUT2D eigenvalue weighted by Crippen LogP contribution is -1.80. The molecule has 0 heterocycles. The molecule has 0 radical (unpaired) electrons. The molecule has 0 aromatic carbocycles. The minimum absolute atomic E-state index is 1.03. The van der Waals surface area contributed by atoms with Crippen molar-refractivity contribution in [2.45, 2.75) is 13.3 Å². The Morgan fingerprint density at radius 2 is 2.25 bits per heavy atom. The predicted molar refractivity (Wildman–Crippen MR) is 36.7 cm³/mol. The van der Waals surface area contributed by atoms with E-state index in [-0.39, 0.29) is 0 Å². The fourth-order valence-electron chi connectivity index (χ4n) is 0.677. The van der Waals surface area contributed by atoms with Crippen molar-refractivity contribution >= 4 is 0 Å². The van der Waals surface area contributed by atoms with Gasteiger partial charge < -0.3 is 0 Å². The van der Waals surface area contributed by atoms with Gasteiger partial charge in [0.15, 0.2) is 0 Å². The molecule has 0 N–H and O–H groups in total. The molecule has 0 aromatic rings. The van der Waals surface area contributed by atoms with Crippen molar-refractivity contribution in [2.75, 3.05) is 0 Å². The first-order valence-corrected chi connectivity index (χ1v) is 2.81. The predicted octanol–water partition coefficient (Wildman–Crippen LogP) is 2.45. The Morgan fingerprint density at radius 3 is 2.62 bits per heavy atom. The molecule has 0 nitrogen and oxygen atoms in total. The fraction of sp³-hybridized carbons (Fsp3) is 0.250. The molecule has 1 aliphatic rings. The van der Waals surface area contributed by atoms with Crippen molar-refractivity contribution < 1.29 is 0 Å². The third-order valence-corrected chi connectivity index (χ3v) is 1.27. The average molecular weight is 106 g/mol. The van der Waals surface area contributed by atoms with E-state index in [9.17, 15) is 0 Å². The standard InChI is InChI=1S/C8H10/c1-7-3-5-8(2)6-4-7/h3,5-6H,1,4H2,2H3. The van der Waals surface area contributed by atoms with E-state index >= 15 is 0 Å². The zero-order valence-corrected chi connectivity index (χ0v) is 5.15. The van der Waals surface area contributed by atoms with E-state index in [1.54, 1.807) is 0 Å². The molecular weight excluding hydrogens is 96.1 g/mol. The highest BCUT2D eigenvalue weighted by Crippen LogP contribution is 2.11. The highest BCUT2D eigenvalue weighted by Gasteiger charge is 1.91. The molecule has 0 fully saturated rings. The van der Waals surface area contributed by atoms with E-state index in [1.165, 1.54) is 11.1 Å². The largest absolute Gasteiger partial charge is 0.0955 e. The summed E-state index contributed by atoms with van der Waals surface area (Å²) in [6.45, 7) is 5.92. The first-order valence-electron chi connectivity index (χ1n) is 2.81. The second kappa shape index (κ2) is 1.99. The Balaban J connectivity index is 2.71. The Bertz CT molecular complexity index is 156. The maximum absolute atomic E-state index is 3.82. The highest BCUT2D eigenvalue weighted by atomic mass is 14.0. The maximum atomic E-state index is 3.82. The third-order valence-electron chi connectivity index (χ3n) is 1.27. The van der Waals surface area contributed by atoms with Crippen molar-refractivity contribution in [3.63, 3.8) is 0 Å². The van der Waals surface area contributed by atoms with Crippen molar-refractivity contribution in [3.05, 3.63) is 36.0 Å². The van der Waals surface area contributed by atoms with Gasteiger partial charge in [-0.1, -0.05) is 36.0 Å². The summed E-state index contributed by atoms with van der Waals surface area (Å²) in [5, 5.41) is 0. The van der Waals surface area contributed by atoms with Crippen LogP contribution in [0.15, 0.2) is 36.0 Å². The first kappa shape index (κ1) is 5.36. The van der Waals surface area contributed by atoms with Crippen LogP contribution in [0.3, 0.4) is 0 Å². The highest BCUT2D eigenvalue weighted by molar-refractivity contribution is 5.32. The van der Waals surface area contributed by atoms with E-state index in [0.717, 1.165) is 6.42 Å². The van der Waals surface area contributed by atoms with E-state index < -0.39 is 0 Å². The van der Waals surface area contributed by atoms with Crippen LogP contribution in [0.2, 0.25) is 0 Å². The lowest BCUT2D eigenvalue weighted by atomic mass is 10.1. The van der Waals surface area contributed by atoms with Gasteiger partial charge in [0, 0.05) is 0 Å². The molecule has 0 unspecified atom stereocenters. The van der Waals surface area contributed by atoms with Gasteiger partial charge in [0.05, 0.1) is 0 Å². The molecule has 0 aromatic heterocycles. The summed E-state index contributed by atoms with van der Waals surface area (Å²) in [5.74, 6) is 0. The molecule has 42 valence electrons. The molecule has 0 spiro atoms. The lowest BCUT2D eigenvalue weighted by molar-refractivity contribution is 1.23. The van der Waals surface area contributed by atoms with Crippen LogP contribution in [0, 0.1) is 0 Å². The third kappa shape index (κ3) is 1.09. The summed E-state index contributed by atoms with van der Waals surface area (Å²) in [6.07, 6.45) is 7.37. The smallest absolute Gasteiger partial charge is 0.00976 e. The van der Waals surface area contributed by atoms with Crippen LogP contribution in [-0.2, 0) is 0 Å². The zero-order chi connectivity index (χ0) is 5.98. The van der Waals surface area contributed by atoms with Crippen LogP contribution in [0.4, 0.5) is 0 Å². The van der Waals surface area contributed by atoms with Crippen LogP contribution >= 0.6 is 0 Å². The molecule has 0 saturated heterocycles. The van der Waals surface area contributed by atoms with Gasteiger partial charge in [-0.2, -0.15) is 0 Å². The second-order valence-electron chi connectivity index (χ2n) is 2.14. The molecule has 0 heteroatoms. The van der Waals surface area contributed by atoms with E-state index in [4.69, 9.17) is 0 Å². The molecule has 0 amide bonds. The molecule has 8 heavy (non-hydrogen) atoms. The van der Waals surface area contributed by atoms with Gasteiger partial charge >= 0.3 is 0 Å². The first-order chi connectivity index (χ1) is 3.79. The summed E-state index contributed by atoms with van der Waals surface area (Å²) in [5.41, 5.74) is 2.55. The number of rotatable bonds is 0. The van der Waals surface area contributed by atoms with Crippen LogP contribution in [0.5, 0.6) is 0 Å². The molecule has 0 aliphatic heterocycles. The van der Waals surface area contributed by atoms with Crippen LogP contribution in [-0.4, -0.2) is 0 Å². The number of hydrogen-bond donors (Lipinski definition) is 0. The Hall–Kier alpha value is -0.780. The Kier molecular flexibility index (Phi) is 1.34. The van der Waals surface area contributed by atoms with Crippen molar-refractivity contribution in [1.29, 1.82) is 0 Å². The molecule has 1 aliphatic carbocycles.